The molecular weight excluding hydrogens is 349 g/mol. The lowest BCUT2D eigenvalue weighted by Crippen LogP contribution is -2.29. The summed E-state index contributed by atoms with van der Waals surface area (Å²) < 4.78 is 0. The Morgan fingerprint density at radius 1 is 1.12 bits per heavy atom. The first kappa shape index (κ1) is 18.3. The summed E-state index contributed by atoms with van der Waals surface area (Å²) >= 11 is 12.0. The number of hydrogen-bond acceptors (Lipinski definition) is 3. The molecule has 5 nitrogen and oxygen atoms in total. The average Bonchev–Trinajstić information content (AvgIpc) is 2.50. The van der Waals surface area contributed by atoms with E-state index in [9.17, 15) is 9.59 Å². The van der Waals surface area contributed by atoms with Crippen LogP contribution in [0.2, 0.25) is 10.0 Å². The molecule has 0 saturated carbocycles. The molecule has 0 aliphatic heterocycles. The van der Waals surface area contributed by atoms with E-state index in [2.05, 4.69) is 5.32 Å². The SMILES string of the molecule is CN(CC(=O)Nc1ccc(C(N)=O)cc1)Cc1ccc(Cl)cc1Cl. The second-order valence-corrected chi connectivity index (χ2v) is 6.24. The number of nitrogens with two attached hydrogens (primary N) is 1. The zero-order chi connectivity index (χ0) is 17.7. The number of anilines is 1. The standard InChI is InChI=1S/C17H17Cl2N3O2/c1-22(9-12-2-5-13(18)8-15(12)19)10-16(23)21-14-6-3-11(4-7-14)17(20)24/h2-8H,9-10H2,1H3,(H2,20,24)(H,21,23). The van der Waals surface area contributed by atoms with Crippen molar-refractivity contribution in [3.63, 3.8) is 0 Å². The van der Waals surface area contributed by atoms with Crippen molar-refractivity contribution < 1.29 is 9.59 Å². The van der Waals surface area contributed by atoms with Gasteiger partial charge in [0.25, 0.3) is 0 Å². The third-order valence-corrected chi connectivity index (χ3v) is 3.91. The molecule has 0 unspecified atom stereocenters. The summed E-state index contributed by atoms with van der Waals surface area (Å²) in [5.74, 6) is -0.679. The van der Waals surface area contributed by atoms with Gasteiger partial charge in [-0.3, -0.25) is 14.5 Å². The van der Waals surface area contributed by atoms with Crippen LogP contribution in [0.3, 0.4) is 0 Å². The molecule has 3 N–H and O–H groups in total. The highest BCUT2D eigenvalue weighted by Crippen LogP contribution is 2.22. The summed E-state index contributed by atoms with van der Waals surface area (Å²) in [5, 5.41) is 3.90. The van der Waals surface area contributed by atoms with Gasteiger partial charge < -0.3 is 11.1 Å². The van der Waals surface area contributed by atoms with Crippen LogP contribution in [0.25, 0.3) is 0 Å². The van der Waals surface area contributed by atoms with Crippen molar-refractivity contribution in [2.75, 3.05) is 18.9 Å². The van der Waals surface area contributed by atoms with Crippen molar-refractivity contribution in [3.05, 3.63) is 63.6 Å². The summed E-state index contributed by atoms with van der Waals surface area (Å²) in [6, 6.07) is 11.7. The van der Waals surface area contributed by atoms with Crippen molar-refractivity contribution in [1.82, 2.24) is 4.90 Å². The summed E-state index contributed by atoms with van der Waals surface area (Å²) in [7, 11) is 1.82. The number of carbonyl (C=O) groups is 2. The number of nitrogens with one attached hydrogen (secondary N) is 1. The van der Waals surface area contributed by atoms with Crippen LogP contribution < -0.4 is 11.1 Å². The molecule has 2 aromatic carbocycles. The molecule has 0 spiro atoms. The molecule has 0 atom stereocenters. The molecule has 0 radical (unpaired) electrons. The Bertz CT molecular complexity index is 748. The van der Waals surface area contributed by atoms with Crippen molar-refractivity contribution in [1.29, 1.82) is 0 Å². The quantitative estimate of drug-likeness (QED) is 0.825. The van der Waals surface area contributed by atoms with Gasteiger partial charge in [0.15, 0.2) is 0 Å². The first-order valence-electron chi connectivity index (χ1n) is 7.17. The van der Waals surface area contributed by atoms with E-state index in [1.807, 2.05) is 18.0 Å². The number of carbonyl (C=O) groups excluding carboxylic acids is 2. The lowest BCUT2D eigenvalue weighted by atomic mass is 10.2. The lowest BCUT2D eigenvalue weighted by molar-refractivity contribution is -0.117. The van der Waals surface area contributed by atoms with Crippen LogP contribution >= 0.6 is 23.2 Å². The number of benzene rings is 2. The number of primary amides is 1. The van der Waals surface area contributed by atoms with E-state index in [1.54, 1.807) is 36.4 Å². The molecule has 0 bridgehead atoms. The van der Waals surface area contributed by atoms with E-state index in [0.717, 1.165) is 5.56 Å². The number of hydrogen-bond donors (Lipinski definition) is 2. The molecule has 0 aliphatic carbocycles. The van der Waals surface area contributed by atoms with Crippen molar-refractivity contribution in [3.8, 4) is 0 Å². The maximum atomic E-state index is 12.1. The van der Waals surface area contributed by atoms with Gasteiger partial charge in [0.1, 0.15) is 0 Å². The van der Waals surface area contributed by atoms with Crippen molar-refractivity contribution >= 4 is 40.7 Å². The molecule has 2 rings (SSSR count). The van der Waals surface area contributed by atoms with Crippen LogP contribution in [0.5, 0.6) is 0 Å². The van der Waals surface area contributed by atoms with Gasteiger partial charge in [0.05, 0.1) is 6.54 Å². The minimum atomic E-state index is -0.507. The molecule has 24 heavy (non-hydrogen) atoms. The zero-order valence-corrected chi connectivity index (χ0v) is 14.6. The minimum absolute atomic E-state index is 0.172. The van der Waals surface area contributed by atoms with Gasteiger partial charge in [0, 0.05) is 27.8 Å². The van der Waals surface area contributed by atoms with E-state index >= 15 is 0 Å². The Balaban J connectivity index is 1.90. The Labute approximate surface area is 150 Å². The molecule has 7 heteroatoms. The second kappa shape index (κ2) is 8.15. The monoisotopic (exact) mass is 365 g/mol. The van der Waals surface area contributed by atoms with Crippen molar-refractivity contribution in [2.45, 2.75) is 6.54 Å². The fourth-order valence-corrected chi connectivity index (χ4v) is 2.63. The van der Waals surface area contributed by atoms with Gasteiger partial charge in [-0.05, 0) is 49.0 Å². The molecule has 126 valence electrons. The average molecular weight is 366 g/mol. The number of rotatable bonds is 6. The third-order valence-electron chi connectivity index (χ3n) is 3.32. The molecular formula is C17H17Cl2N3O2. The first-order chi connectivity index (χ1) is 11.3. The highest BCUT2D eigenvalue weighted by atomic mass is 35.5. The van der Waals surface area contributed by atoms with Crippen LogP contribution in [0.15, 0.2) is 42.5 Å². The fraction of sp³-hybridized carbons (Fsp3) is 0.176. The smallest absolute Gasteiger partial charge is 0.248 e. The Kier molecular flexibility index (Phi) is 6.20. The summed E-state index contributed by atoms with van der Waals surface area (Å²) in [4.78, 5) is 24.9. The van der Waals surface area contributed by atoms with Gasteiger partial charge in [0.2, 0.25) is 11.8 Å². The number of likely N-dealkylation sites (N-methyl/N-ethyl adjacent to an activating group) is 1. The lowest BCUT2D eigenvalue weighted by Gasteiger charge is -2.17. The molecule has 0 saturated heterocycles. The molecule has 0 aliphatic rings. The first-order valence-corrected chi connectivity index (χ1v) is 7.93. The molecule has 0 aromatic heterocycles. The highest BCUT2D eigenvalue weighted by molar-refractivity contribution is 6.35. The third kappa shape index (κ3) is 5.23. The van der Waals surface area contributed by atoms with Crippen molar-refractivity contribution in [2.24, 2.45) is 5.73 Å². The van der Waals surface area contributed by atoms with E-state index in [4.69, 9.17) is 28.9 Å². The normalized spacial score (nSPS) is 10.7. The van der Waals surface area contributed by atoms with E-state index in [1.165, 1.54) is 0 Å². The number of amides is 2. The Morgan fingerprint density at radius 2 is 1.79 bits per heavy atom. The fourth-order valence-electron chi connectivity index (χ4n) is 2.16. The van der Waals surface area contributed by atoms with Crippen LogP contribution in [0.1, 0.15) is 15.9 Å². The van der Waals surface area contributed by atoms with Gasteiger partial charge in [-0.25, -0.2) is 0 Å². The topological polar surface area (TPSA) is 75.4 Å². The van der Waals surface area contributed by atoms with Gasteiger partial charge in [-0.2, -0.15) is 0 Å². The predicted octanol–water partition coefficient (Wildman–Crippen LogP) is 3.16. The van der Waals surface area contributed by atoms with E-state index in [-0.39, 0.29) is 12.5 Å². The maximum Gasteiger partial charge on any atom is 0.248 e. The van der Waals surface area contributed by atoms with Crippen LogP contribution in [-0.2, 0) is 11.3 Å². The molecule has 2 aromatic rings. The van der Waals surface area contributed by atoms with Crippen LogP contribution in [0.4, 0.5) is 5.69 Å². The predicted molar refractivity (Wildman–Crippen MR) is 96.4 cm³/mol. The summed E-state index contributed by atoms with van der Waals surface area (Å²) in [6.45, 7) is 0.709. The van der Waals surface area contributed by atoms with Gasteiger partial charge in [-0.1, -0.05) is 29.3 Å². The Morgan fingerprint density at radius 3 is 2.38 bits per heavy atom. The largest absolute Gasteiger partial charge is 0.366 e. The number of nitrogens with zero attached hydrogens (tertiary/aromatic N) is 1. The van der Waals surface area contributed by atoms with Gasteiger partial charge >= 0.3 is 0 Å². The minimum Gasteiger partial charge on any atom is -0.366 e. The molecule has 2 amide bonds. The molecule has 0 heterocycles. The maximum absolute atomic E-state index is 12.1. The van der Waals surface area contributed by atoms with Crippen LogP contribution in [-0.4, -0.2) is 30.3 Å². The molecule has 0 fully saturated rings. The summed E-state index contributed by atoms with van der Waals surface area (Å²) in [5.41, 5.74) is 7.06. The van der Waals surface area contributed by atoms with E-state index < -0.39 is 5.91 Å². The summed E-state index contributed by atoms with van der Waals surface area (Å²) in [6.07, 6.45) is 0. The zero-order valence-electron chi connectivity index (χ0n) is 13.1. The Hall–Kier alpha value is -2.08. The van der Waals surface area contributed by atoms with Gasteiger partial charge in [-0.15, -0.1) is 0 Å². The van der Waals surface area contributed by atoms with Crippen LogP contribution in [0, 0.1) is 0 Å². The number of halogens is 2. The second-order valence-electron chi connectivity index (χ2n) is 5.40. The van der Waals surface area contributed by atoms with E-state index in [0.29, 0.717) is 27.8 Å². The highest BCUT2D eigenvalue weighted by Gasteiger charge is 2.10.